The normalized spacial score (nSPS) is 12.1. The number of hydrogen-bond donors (Lipinski definition) is 2. The second kappa shape index (κ2) is 6.79. The molecule has 21 heavy (non-hydrogen) atoms. The van der Waals surface area contributed by atoms with Crippen molar-refractivity contribution in [2.45, 2.75) is 19.1 Å². The van der Waals surface area contributed by atoms with E-state index in [1.165, 1.54) is 25.1 Å². The topological polar surface area (TPSA) is 64.9 Å². The molecule has 0 aliphatic rings. The predicted octanol–water partition coefficient (Wildman–Crippen LogP) is 2.68. The van der Waals surface area contributed by atoms with Crippen LogP contribution in [0.25, 0.3) is 0 Å². The lowest BCUT2D eigenvalue weighted by molar-refractivity contribution is -0.137. The smallest absolute Gasteiger partial charge is 0.374 e. The molecule has 0 aromatic heterocycles. The number of carbonyl (C=O) groups excluding carboxylic acids is 1. The fraction of sp³-hybridized carbons (Fsp3) is 0.286. The summed E-state index contributed by atoms with van der Waals surface area (Å²) >= 11 is 0. The zero-order chi connectivity index (χ0) is 16.0. The first-order valence-electron chi connectivity index (χ1n) is 6.06. The molecule has 4 nitrogen and oxygen atoms in total. The minimum Gasteiger partial charge on any atom is -0.374 e. The molecule has 0 aliphatic carbocycles. The average molecular weight is 297 g/mol. The molecule has 0 fully saturated rings. The molecular formula is C14H14F3N3O. The largest absolute Gasteiger partial charge is 0.417 e. The molecule has 1 aromatic carbocycles. The Morgan fingerprint density at radius 1 is 1.52 bits per heavy atom. The lowest BCUT2D eigenvalue weighted by atomic mass is 10.1. The lowest BCUT2D eigenvalue weighted by Crippen LogP contribution is -2.37. The Kier molecular flexibility index (Phi) is 5.36. The monoisotopic (exact) mass is 297 g/mol. The highest BCUT2D eigenvalue weighted by Crippen LogP contribution is 2.33. The zero-order valence-corrected chi connectivity index (χ0v) is 11.3. The van der Waals surface area contributed by atoms with E-state index in [0.717, 1.165) is 12.1 Å². The quantitative estimate of drug-likeness (QED) is 0.821. The first kappa shape index (κ1) is 16.6. The molecule has 1 amide bonds. The highest BCUT2D eigenvalue weighted by atomic mass is 19.4. The number of amides is 1. The van der Waals surface area contributed by atoms with Crippen molar-refractivity contribution >= 4 is 11.6 Å². The van der Waals surface area contributed by atoms with Crippen LogP contribution >= 0.6 is 0 Å². The van der Waals surface area contributed by atoms with E-state index in [2.05, 4.69) is 17.2 Å². The van der Waals surface area contributed by atoms with E-state index in [1.54, 1.807) is 0 Å². The van der Waals surface area contributed by atoms with Crippen molar-refractivity contribution in [1.82, 2.24) is 5.32 Å². The summed E-state index contributed by atoms with van der Waals surface area (Å²) in [6.07, 6.45) is -3.13. The standard InChI is InChI=1S/C14H14F3N3O/c1-3-6-19-13(21)9(2)20-11-5-4-10(8-18)12(7-11)14(15,16)17/h3-5,7,9,20H,1,6H2,2H3,(H,19,21). The second-order valence-electron chi connectivity index (χ2n) is 4.27. The molecule has 0 radical (unpaired) electrons. The Hall–Kier alpha value is -2.49. The molecule has 0 saturated carbocycles. The van der Waals surface area contributed by atoms with E-state index in [-0.39, 0.29) is 18.1 Å². The second-order valence-corrected chi connectivity index (χ2v) is 4.27. The highest BCUT2D eigenvalue weighted by Gasteiger charge is 2.34. The maximum atomic E-state index is 12.8. The molecule has 0 bridgehead atoms. The summed E-state index contributed by atoms with van der Waals surface area (Å²) in [5.74, 6) is -0.368. The van der Waals surface area contributed by atoms with Gasteiger partial charge >= 0.3 is 6.18 Å². The third-order valence-corrected chi connectivity index (χ3v) is 2.64. The number of nitrogens with zero attached hydrogens (tertiary/aromatic N) is 1. The number of nitrogens with one attached hydrogen (secondary N) is 2. The van der Waals surface area contributed by atoms with Crippen molar-refractivity contribution in [3.63, 3.8) is 0 Å². The number of carbonyl (C=O) groups is 1. The van der Waals surface area contributed by atoms with Gasteiger partial charge in [0.2, 0.25) is 5.91 Å². The van der Waals surface area contributed by atoms with Gasteiger partial charge in [-0.05, 0) is 25.1 Å². The number of alkyl halides is 3. The van der Waals surface area contributed by atoms with Crippen molar-refractivity contribution in [2.24, 2.45) is 0 Å². The number of anilines is 1. The van der Waals surface area contributed by atoms with Gasteiger partial charge in [0.15, 0.2) is 0 Å². The lowest BCUT2D eigenvalue weighted by Gasteiger charge is -2.16. The van der Waals surface area contributed by atoms with Crippen LogP contribution < -0.4 is 10.6 Å². The molecule has 1 rings (SSSR count). The van der Waals surface area contributed by atoms with Crippen LogP contribution in [0, 0.1) is 11.3 Å². The summed E-state index contributed by atoms with van der Waals surface area (Å²) in [4.78, 5) is 11.6. The van der Waals surface area contributed by atoms with E-state index < -0.39 is 23.3 Å². The number of nitriles is 1. The summed E-state index contributed by atoms with van der Waals surface area (Å²) in [6.45, 7) is 5.23. The van der Waals surface area contributed by atoms with Crippen LogP contribution in [-0.4, -0.2) is 18.5 Å². The fourth-order valence-corrected chi connectivity index (χ4v) is 1.61. The summed E-state index contributed by atoms with van der Waals surface area (Å²) in [5, 5.41) is 13.9. The van der Waals surface area contributed by atoms with Crippen LogP contribution in [-0.2, 0) is 11.0 Å². The van der Waals surface area contributed by atoms with Crippen LogP contribution in [0.1, 0.15) is 18.1 Å². The summed E-state index contributed by atoms with van der Waals surface area (Å²) in [7, 11) is 0. The van der Waals surface area contributed by atoms with E-state index >= 15 is 0 Å². The molecule has 1 atom stereocenters. The van der Waals surface area contributed by atoms with Gasteiger partial charge in [0.05, 0.1) is 17.2 Å². The SMILES string of the molecule is C=CCNC(=O)C(C)Nc1ccc(C#N)c(C(F)(F)F)c1. The molecule has 1 unspecified atom stereocenters. The molecule has 2 N–H and O–H groups in total. The van der Waals surface area contributed by atoms with E-state index in [0.29, 0.717) is 0 Å². The zero-order valence-electron chi connectivity index (χ0n) is 11.3. The predicted molar refractivity (Wildman–Crippen MR) is 72.5 cm³/mol. The van der Waals surface area contributed by atoms with Crippen molar-refractivity contribution in [1.29, 1.82) is 5.26 Å². The Morgan fingerprint density at radius 3 is 2.71 bits per heavy atom. The van der Waals surface area contributed by atoms with Crippen molar-refractivity contribution in [3.05, 3.63) is 42.0 Å². The summed E-state index contributed by atoms with van der Waals surface area (Å²) < 4.78 is 38.4. The third-order valence-electron chi connectivity index (χ3n) is 2.64. The van der Waals surface area contributed by atoms with Gasteiger partial charge in [-0.2, -0.15) is 18.4 Å². The Labute approximate surface area is 120 Å². The van der Waals surface area contributed by atoms with Gasteiger partial charge in [-0.25, -0.2) is 0 Å². The summed E-state index contributed by atoms with van der Waals surface area (Å²) in [5.41, 5.74) is -1.38. The molecule has 1 aromatic rings. The maximum Gasteiger partial charge on any atom is 0.417 e. The van der Waals surface area contributed by atoms with E-state index in [9.17, 15) is 18.0 Å². The number of benzene rings is 1. The molecule has 7 heteroatoms. The van der Waals surface area contributed by atoms with Crippen LogP contribution in [0.3, 0.4) is 0 Å². The first-order valence-corrected chi connectivity index (χ1v) is 6.06. The molecule has 112 valence electrons. The van der Waals surface area contributed by atoms with Crippen LogP contribution in [0.2, 0.25) is 0 Å². The number of hydrogen-bond acceptors (Lipinski definition) is 3. The Morgan fingerprint density at radius 2 is 2.19 bits per heavy atom. The highest BCUT2D eigenvalue weighted by molar-refractivity contribution is 5.84. The van der Waals surface area contributed by atoms with Gasteiger partial charge in [0.25, 0.3) is 0 Å². The fourth-order valence-electron chi connectivity index (χ4n) is 1.61. The average Bonchev–Trinajstić information content (AvgIpc) is 2.43. The molecule has 0 aliphatic heterocycles. The summed E-state index contributed by atoms with van der Waals surface area (Å²) in [6, 6.07) is 3.98. The van der Waals surface area contributed by atoms with Gasteiger partial charge < -0.3 is 10.6 Å². The Bertz CT molecular complexity index is 576. The van der Waals surface area contributed by atoms with Gasteiger partial charge in [-0.1, -0.05) is 6.08 Å². The third kappa shape index (κ3) is 4.53. The Balaban J connectivity index is 2.93. The maximum absolute atomic E-state index is 12.8. The first-order chi connectivity index (χ1) is 9.79. The van der Waals surface area contributed by atoms with Crippen molar-refractivity contribution in [3.8, 4) is 6.07 Å². The van der Waals surface area contributed by atoms with E-state index in [1.807, 2.05) is 0 Å². The molecule has 0 spiro atoms. The van der Waals surface area contributed by atoms with Crippen LogP contribution in [0.4, 0.5) is 18.9 Å². The van der Waals surface area contributed by atoms with Gasteiger partial charge in [-0.15, -0.1) is 6.58 Å². The molecule has 0 saturated heterocycles. The molecule has 0 heterocycles. The van der Waals surface area contributed by atoms with Gasteiger partial charge in [0, 0.05) is 12.2 Å². The van der Waals surface area contributed by atoms with Gasteiger partial charge in [-0.3, -0.25) is 4.79 Å². The van der Waals surface area contributed by atoms with Crippen molar-refractivity contribution < 1.29 is 18.0 Å². The van der Waals surface area contributed by atoms with Gasteiger partial charge in [0.1, 0.15) is 6.04 Å². The minimum absolute atomic E-state index is 0.113. The number of halogens is 3. The number of rotatable bonds is 5. The molecular weight excluding hydrogens is 283 g/mol. The van der Waals surface area contributed by atoms with E-state index in [4.69, 9.17) is 5.26 Å². The minimum atomic E-state index is -4.63. The van der Waals surface area contributed by atoms with Crippen LogP contribution in [0.5, 0.6) is 0 Å². The van der Waals surface area contributed by atoms with Crippen molar-refractivity contribution in [2.75, 3.05) is 11.9 Å². The van der Waals surface area contributed by atoms with Crippen LogP contribution in [0.15, 0.2) is 30.9 Å².